The first-order chi connectivity index (χ1) is 14.0. The molecule has 0 saturated carbocycles. The molecular weight excluding hydrogens is 439 g/mol. The molecule has 2 aromatic heterocycles. The predicted octanol–water partition coefficient (Wildman–Crippen LogP) is 4.92. The molecule has 0 saturated heterocycles. The fourth-order valence-corrected chi connectivity index (χ4v) is 4.56. The zero-order valence-corrected chi connectivity index (χ0v) is 17.6. The van der Waals surface area contributed by atoms with Crippen LogP contribution in [0.5, 0.6) is 5.75 Å². The summed E-state index contributed by atoms with van der Waals surface area (Å²) in [5.41, 5.74) is 0.303. The summed E-state index contributed by atoms with van der Waals surface area (Å²) in [7, 11) is 0. The van der Waals surface area contributed by atoms with Gasteiger partial charge in [-0.1, -0.05) is 17.8 Å². The van der Waals surface area contributed by atoms with Crippen LogP contribution in [-0.2, 0) is 17.4 Å². The minimum atomic E-state index is -4.42. The number of benzene rings is 1. The third-order valence-electron chi connectivity index (χ3n) is 4.01. The van der Waals surface area contributed by atoms with E-state index >= 15 is 0 Å². The lowest BCUT2D eigenvalue weighted by molar-refractivity contribution is -0.139. The van der Waals surface area contributed by atoms with Gasteiger partial charge in [0.25, 0.3) is 0 Å². The second-order valence-corrected chi connectivity index (χ2v) is 9.52. The highest BCUT2D eigenvalue weighted by Crippen LogP contribution is 2.35. The third-order valence-corrected chi connectivity index (χ3v) is 6.18. The highest BCUT2D eigenvalue weighted by atomic mass is 32.2. The zero-order chi connectivity index (χ0) is 21.9. The van der Waals surface area contributed by atoms with Crippen LogP contribution in [0.15, 0.2) is 46.4 Å². The van der Waals surface area contributed by atoms with Crippen molar-refractivity contribution in [1.29, 1.82) is 0 Å². The van der Waals surface area contributed by atoms with Crippen molar-refractivity contribution in [2.24, 2.45) is 0 Å². The lowest BCUT2D eigenvalue weighted by atomic mass is 10.2. The monoisotopic (exact) mass is 457 g/mol. The van der Waals surface area contributed by atoms with Crippen LogP contribution in [-0.4, -0.2) is 37.2 Å². The molecule has 1 aromatic carbocycles. The number of rotatable bonds is 8. The Hall–Kier alpha value is -2.53. The lowest BCUT2D eigenvalue weighted by Gasteiger charge is -2.15. The molecule has 0 bridgehead atoms. The number of alkyl halides is 3. The topological polar surface area (TPSA) is 77.2 Å². The summed E-state index contributed by atoms with van der Waals surface area (Å²) < 4.78 is 45.2. The maximum Gasteiger partial charge on any atom is 0.416 e. The van der Waals surface area contributed by atoms with Crippen molar-refractivity contribution in [3.8, 4) is 11.4 Å². The summed E-state index contributed by atoms with van der Waals surface area (Å²) in [4.78, 5) is 15.6. The van der Waals surface area contributed by atoms with Gasteiger partial charge in [-0.05, 0) is 32.0 Å². The van der Waals surface area contributed by atoms with Crippen molar-refractivity contribution in [1.82, 2.24) is 14.8 Å². The normalized spacial score (nSPS) is 12.2. The first kappa shape index (κ1) is 22.2. The van der Waals surface area contributed by atoms with E-state index < -0.39 is 22.5 Å². The number of aromatic nitrogens is 3. The third kappa shape index (κ3) is 5.54. The van der Waals surface area contributed by atoms with Gasteiger partial charge in [-0.2, -0.15) is 18.3 Å². The molecule has 0 atom stereocenters. The number of carboxylic acid groups (broad SMARTS) is 1. The zero-order valence-electron chi connectivity index (χ0n) is 16.0. The molecule has 0 aliphatic heterocycles. The molecule has 0 radical (unpaired) electrons. The van der Waals surface area contributed by atoms with Gasteiger partial charge in [-0.3, -0.25) is 4.79 Å². The Bertz CT molecular complexity index is 1030. The van der Waals surface area contributed by atoms with Gasteiger partial charge in [-0.25, -0.2) is 9.67 Å². The van der Waals surface area contributed by atoms with Crippen LogP contribution in [0.3, 0.4) is 0 Å². The van der Waals surface area contributed by atoms with Gasteiger partial charge in [0.1, 0.15) is 4.75 Å². The SMILES string of the molecule is CC(C)(Sc1nc(CCOc2cnn(-c3cccc(C(F)(F)F)c3)c2)cs1)C(=O)O. The quantitative estimate of drug-likeness (QED) is 0.484. The van der Waals surface area contributed by atoms with Crippen molar-refractivity contribution in [2.45, 2.75) is 35.5 Å². The number of halogens is 3. The molecule has 0 amide bonds. The van der Waals surface area contributed by atoms with Crippen molar-refractivity contribution >= 4 is 29.1 Å². The standard InChI is InChI=1S/C19H18F3N3O3S2/c1-18(2,16(26)27)30-17-24-13(11-29-17)6-7-28-15-9-23-25(10-15)14-5-3-4-12(8-14)19(20,21)22/h3-5,8-11H,6-7H2,1-2H3,(H,26,27). The van der Waals surface area contributed by atoms with Gasteiger partial charge in [0.15, 0.2) is 10.1 Å². The first-order valence-corrected chi connectivity index (χ1v) is 10.5. The average Bonchev–Trinajstić information content (AvgIpc) is 3.30. The minimum Gasteiger partial charge on any atom is -0.490 e. The largest absolute Gasteiger partial charge is 0.490 e. The highest BCUT2D eigenvalue weighted by Gasteiger charge is 2.31. The maximum absolute atomic E-state index is 12.9. The van der Waals surface area contributed by atoms with E-state index in [2.05, 4.69) is 10.1 Å². The van der Waals surface area contributed by atoms with Crippen molar-refractivity contribution in [2.75, 3.05) is 6.61 Å². The molecule has 0 fully saturated rings. The van der Waals surface area contributed by atoms with E-state index in [9.17, 15) is 23.1 Å². The number of carbonyl (C=O) groups is 1. The number of hydrogen-bond donors (Lipinski definition) is 1. The molecule has 6 nitrogen and oxygen atoms in total. The van der Waals surface area contributed by atoms with Crippen molar-refractivity contribution in [3.63, 3.8) is 0 Å². The number of aliphatic carboxylic acids is 1. The number of thiazole rings is 1. The average molecular weight is 457 g/mol. The lowest BCUT2D eigenvalue weighted by Crippen LogP contribution is -2.26. The summed E-state index contributed by atoms with van der Waals surface area (Å²) in [6.45, 7) is 3.53. The number of hydrogen-bond acceptors (Lipinski definition) is 6. The second kappa shape index (κ2) is 8.68. The van der Waals surface area contributed by atoms with Gasteiger partial charge < -0.3 is 9.84 Å². The second-order valence-electron chi connectivity index (χ2n) is 6.79. The van der Waals surface area contributed by atoms with E-state index in [1.54, 1.807) is 13.8 Å². The maximum atomic E-state index is 12.9. The fraction of sp³-hybridized carbons (Fsp3) is 0.316. The van der Waals surface area contributed by atoms with Gasteiger partial charge in [0, 0.05) is 11.8 Å². The van der Waals surface area contributed by atoms with Crippen LogP contribution in [0.2, 0.25) is 0 Å². The summed E-state index contributed by atoms with van der Waals surface area (Å²) in [5.74, 6) is -0.491. The number of ether oxygens (including phenoxy) is 1. The van der Waals surface area contributed by atoms with E-state index in [4.69, 9.17) is 4.74 Å². The molecule has 30 heavy (non-hydrogen) atoms. The Labute approximate surface area is 178 Å². The molecule has 3 aromatic rings. The van der Waals surface area contributed by atoms with E-state index in [1.165, 1.54) is 52.3 Å². The van der Waals surface area contributed by atoms with Crippen LogP contribution < -0.4 is 4.74 Å². The minimum absolute atomic E-state index is 0.280. The molecule has 0 spiro atoms. The molecule has 11 heteroatoms. The molecule has 1 N–H and O–H groups in total. The molecule has 0 aliphatic rings. The van der Waals surface area contributed by atoms with Crippen LogP contribution in [0.25, 0.3) is 5.69 Å². The first-order valence-electron chi connectivity index (χ1n) is 8.76. The molecule has 160 valence electrons. The highest BCUT2D eigenvalue weighted by molar-refractivity contribution is 8.02. The Balaban J connectivity index is 1.56. The van der Waals surface area contributed by atoms with Crippen LogP contribution in [0.4, 0.5) is 13.2 Å². The molecule has 3 rings (SSSR count). The fourth-order valence-electron chi connectivity index (χ4n) is 2.33. The van der Waals surface area contributed by atoms with Gasteiger partial charge in [0.05, 0.1) is 35.9 Å². The Kier molecular flexibility index (Phi) is 6.41. The molecule has 0 unspecified atom stereocenters. The van der Waals surface area contributed by atoms with Gasteiger partial charge >= 0.3 is 12.1 Å². The molecular formula is C19H18F3N3O3S2. The number of thioether (sulfide) groups is 1. The molecule has 2 heterocycles. The Morgan fingerprint density at radius 2 is 2.10 bits per heavy atom. The van der Waals surface area contributed by atoms with Crippen LogP contribution >= 0.6 is 23.1 Å². The van der Waals surface area contributed by atoms with Gasteiger partial charge in [0.2, 0.25) is 0 Å². The van der Waals surface area contributed by atoms with E-state index in [1.807, 2.05) is 5.38 Å². The Morgan fingerprint density at radius 3 is 2.80 bits per heavy atom. The van der Waals surface area contributed by atoms with Crippen LogP contribution in [0.1, 0.15) is 25.1 Å². The number of carboxylic acids is 1. The summed E-state index contributed by atoms with van der Waals surface area (Å²) in [6, 6.07) is 4.87. The predicted molar refractivity (Wildman–Crippen MR) is 107 cm³/mol. The van der Waals surface area contributed by atoms with Crippen LogP contribution in [0, 0.1) is 0 Å². The van der Waals surface area contributed by atoms with Crippen molar-refractivity contribution < 1.29 is 27.8 Å². The van der Waals surface area contributed by atoms with E-state index in [-0.39, 0.29) is 5.69 Å². The summed E-state index contributed by atoms with van der Waals surface area (Å²) in [5, 5.41) is 15.1. The van der Waals surface area contributed by atoms with Gasteiger partial charge in [-0.15, -0.1) is 11.3 Å². The summed E-state index contributed by atoms with van der Waals surface area (Å²) in [6.07, 6.45) is -0.989. The number of nitrogens with zero attached hydrogens (tertiary/aromatic N) is 3. The Morgan fingerprint density at radius 1 is 1.33 bits per heavy atom. The smallest absolute Gasteiger partial charge is 0.416 e. The van der Waals surface area contributed by atoms with E-state index in [0.717, 1.165) is 17.8 Å². The van der Waals surface area contributed by atoms with Crippen molar-refractivity contribution in [3.05, 3.63) is 53.3 Å². The molecule has 0 aliphatic carbocycles. The van der Waals surface area contributed by atoms with E-state index in [0.29, 0.717) is 23.1 Å². The summed E-state index contributed by atoms with van der Waals surface area (Å²) >= 11 is 2.55.